The zero-order valence-electron chi connectivity index (χ0n) is 8.63. The summed E-state index contributed by atoms with van der Waals surface area (Å²) in [6.07, 6.45) is 0. The highest BCUT2D eigenvalue weighted by Gasteiger charge is 2.24. The first-order valence-electron chi connectivity index (χ1n) is 4.85. The quantitative estimate of drug-likeness (QED) is 0.886. The minimum Gasteiger partial charge on any atom is -0.330 e. The summed E-state index contributed by atoms with van der Waals surface area (Å²) in [4.78, 5) is 2.44. The molecule has 2 rings (SSSR count). The monoisotopic (exact) mass is 248 g/mol. The number of rotatable bonds is 3. The third-order valence-electron chi connectivity index (χ3n) is 2.62. The lowest BCUT2D eigenvalue weighted by Gasteiger charge is -2.38. The van der Waals surface area contributed by atoms with Gasteiger partial charge in [0.15, 0.2) is 0 Å². The summed E-state index contributed by atoms with van der Waals surface area (Å²) < 4.78 is 0. The van der Waals surface area contributed by atoms with E-state index in [0.29, 0.717) is 0 Å². The van der Waals surface area contributed by atoms with Crippen molar-refractivity contribution in [1.82, 2.24) is 4.90 Å². The van der Waals surface area contributed by atoms with Gasteiger partial charge in [0, 0.05) is 19.6 Å². The Balaban J connectivity index is 0.000000980. The van der Waals surface area contributed by atoms with E-state index in [4.69, 9.17) is 5.73 Å². The fourth-order valence-electron chi connectivity index (χ4n) is 1.80. The molecular formula is C11H18Cl2N2. The molecule has 0 spiro atoms. The number of likely N-dealkylation sites (tertiary alicyclic amines) is 1. The molecule has 1 aromatic rings. The van der Waals surface area contributed by atoms with Crippen LogP contribution in [0.4, 0.5) is 0 Å². The van der Waals surface area contributed by atoms with Crippen molar-refractivity contribution in [2.45, 2.75) is 6.54 Å². The second kappa shape index (κ2) is 7.07. The van der Waals surface area contributed by atoms with Crippen LogP contribution >= 0.6 is 24.8 Å². The lowest BCUT2D eigenvalue weighted by molar-refractivity contribution is 0.0979. The molecule has 1 aliphatic heterocycles. The van der Waals surface area contributed by atoms with E-state index in [2.05, 4.69) is 35.2 Å². The second-order valence-corrected chi connectivity index (χ2v) is 3.78. The van der Waals surface area contributed by atoms with Crippen molar-refractivity contribution >= 4 is 24.8 Å². The van der Waals surface area contributed by atoms with Crippen molar-refractivity contribution in [3.8, 4) is 0 Å². The summed E-state index contributed by atoms with van der Waals surface area (Å²) in [5, 5.41) is 0. The fraction of sp³-hybridized carbons (Fsp3) is 0.455. The maximum atomic E-state index is 5.56. The number of hydrogen-bond acceptors (Lipinski definition) is 2. The van der Waals surface area contributed by atoms with Crippen LogP contribution < -0.4 is 5.73 Å². The second-order valence-electron chi connectivity index (χ2n) is 3.78. The normalized spacial score (nSPS) is 16.1. The van der Waals surface area contributed by atoms with Gasteiger partial charge in [-0.2, -0.15) is 0 Å². The smallest absolute Gasteiger partial charge is 0.0234 e. The van der Waals surface area contributed by atoms with Gasteiger partial charge in [0.05, 0.1) is 0 Å². The van der Waals surface area contributed by atoms with Gasteiger partial charge in [-0.15, -0.1) is 24.8 Å². The van der Waals surface area contributed by atoms with Gasteiger partial charge in [0.25, 0.3) is 0 Å². The van der Waals surface area contributed by atoms with Crippen LogP contribution in [0.2, 0.25) is 0 Å². The standard InChI is InChI=1S/C11H16N2.2ClH/c12-6-11-8-13(9-11)7-10-4-2-1-3-5-10;;/h1-5,11H,6-9,12H2;2*1H. The molecule has 1 saturated heterocycles. The number of hydrogen-bond donors (Lipinski definition) is 1. The van der Waals surface area contributed by atoms with Gasteiger partial charge in [-0.3, -0.25) is 4.90 Å². The van der Waals surface area contributed by atoms with Crippen LogP contribution in [0.3, 0.4) is 0 Å². The predicted molar refractivity (Wildman–Crippen MR) is 68.8 cm³/mol. The molecule has 1 fully saturated rings. The van der Waals surface area contributed by atoms with Crippen LogP contribution in [0.25, 0.3) is 0 Å². The van der Waals surface area contributed by atoms with E-state index < -0.39 is 0 Å². The van der Waals surface area contributed by atoms with Gasteiger partial charge < -0.3 is 5.73 Å². The van der Waals surface area contributed by atoms with Crippen LogP contribution in [0.1, 0.15) is 5.56 Å². The molecule has 0 amide bonds. The summed E-state index contributed by atoms with van der Waals surface area (Å²) in [7, 11) is 0. The lowest BCUT2D eigenvalue weighted by Crippen LogP contribution is -2.49. The minimum absolute atomic E-state index is 0. The van der Waals surface area contributed by atoms with Crippen LogP contribution in [-0.2, 0) is 6.54 Å². The van der Waals surface area contributed by atoms with Gasteiger partial charge in [-0.25, -0.2) is 0 Å². The molecular weight excluding hydrogens is 231 g/mol. The lowest BCUT2D eigenvalue weighted by atomic mass is 10.00. The maximum absolute atomic E-state index is 5.56. The Kier molecular flexibility index (Phi) is 6.94. The van der Waals surface area contributed by atoms with Crippen molar-refractivity contribution in [3.63, 3.8) is 0 Å². The largest absolute Gasteiger partial charge is 0.330 e. The van der Waals surface area contributed by atoms with Crippen molar-refractivity contribution in [2.75, 3.05) is 19.6 Å². The topological polar surface area (TPSA) is 29.3 Å². The van der Waals surface area contributed by atoms with Gasteiger partial charge in [-0.05, 0) is 18.0 Å². The highest BCUT2D eigenvalue weighted by Crippen LogP contribution is 2.16. The molecule has 2 nitrogen and oxygen atoms in total. The number of nitrogens with zero attached hydrogens (tertiary/aromatic N) is 1. The van der Waals surface area contributed by atoms with Crippen LogP contribution in [0, 0.1) is 5.92 Å². The van der Waals surface area contributed by atoms with E-state index in [9.17, 15) is 0 Å². The van der Waals surface area contributed by atoms with Gasteiger partial charge in [0.1, 0.15) is 0 Å². The SMILES string of the molecule is Cl.Cl.NCC1CN(Cc2ccccc2)C1. The van der Waals surface area contributed by atoms with E-state index in [0.717, 1.165) is 19.0 Å². The van der Waals surface area contributed by atoms with E-state index >= 15 is 0 Å². The summed E-state index contributed by atoms with van der Waals surface area (Å²) in [5.74, 6) is 0.740. The van der Waals surface area contributed by atoms with E-state index in [1.54, 1.807) is 0 Å². The van der Waals surface area contributed by atoms with Crippen molar-refractivity contribution in [1.29, 1.82) is 0 Å². The molecule has 1 aromatic carbocycles. The highest BCUT2D eigenvalue weighted by atomic mass is 35.5. The third kappa shape index (κ3) is 3.99. The molecule has 0 aliphatic carbocycles. The van der Waals surface area contributed by atoms with Crippen molar-refractivity contribution < 1.29 is 0 Å². The number of nitrogens with two attached hydrogens (primary N) is 1. The first kappa shape index (κ1) is 14.7. The molecule has 0 unspecified atom stereocenters. The summed E-state index contributed by atoms with van der Waals surface area (Å²) in [6, 6.07) is 10.6. The molecule has 2 N–H and O–H groups in total. The Morgan fingerprint density at radius 1 is 1.13 bits per heavy atom. The summed E-state index contributed by atoms with van der Waals surface area (Å²) >= 11 is 0. The molecule has 1 heterocycles. The van der Waals surface area contributed by atoms with Crippen LogP contribution in [-0.4, -0.2) is 24.5 Å². The van der Waals surface area contributed by atoms with Gasteiger partial charge in [0.2, 0.25) is 0 Å². The molecule has 0 atom stereocenters. The van der Waals surface area contributed by atoms with E-state index in [-0.39, 0.29) is 24.8 Å². The molecule has 0 aromatic heterocycles. The summed E-state index contributed by atoms with van der Waals surface area (Å²) in [5.41, 5.74) is 6.96. The van der Waals surface area contributed by atoms with E-state index in [1.807, 2.05) is 0 Å². The zero-order valence-corrected chi connectivity index (χ0v) is 10.3. The third-order valence-corrected chi connectivity index (χ3v) is 2.62. The summed E-state index contributed by atoms with van der Waals surface area (Å²) in [6.45, 7) is 4.26. The minimum atomic E-state index is 0. The Hall–Kier alpha value is -0.280. The van der Waals surface area contributed by atoms with Crippen LogP contribution in [0.5, 0.6) is 0 Å². The zero-order chi connectivity index (χ0) is 9.10. The first-order chi connectivity index (χ1) is 6.38. The van der Waals surface area contributed by atoms with Gasteiger partial charge >= 0.3 is 0 Å². The van der Waals surface area contributed by atoms with Crippen LogP contribution in [0.15, 0.2) is 30.3 Å². The average molecular weight is 249 g/mol. The fourth-order valence-corrected chi connectivity index (χ4v) is 1.80. The molecule has 1 aliphatic rings. The Morgan fingerprint density at radius 2 is 1.73 bits per heavy atom. The molecule has 15 heavy (non-hydrogen) atoms. The maximum Gasteiger partial charge on any atom is 0.0234 e. The Labute approximate surface area is 104 Å². The number of benzene rings is 1. The van der Waals surface area contributed by atoms with Crippen molar-refractivity contribution in [2.24, 2.45) is 11.7 Å². The Morgan fingerprint density at radius 3 is 2.27 bits per heavy atom. The predicted octanol–water partition coefficient (Wildman–Crippen LogP) is 1.92. The van der Waals surface area contributed by atoms with Crippen molar-refractivity contribution in [3.05, 3.63) is 35.9 Å². The first-order valence-corrected chi connectivity index (χ1v) is 4.85. The van der Waals surface area contributed by atoms with Gasteiger partial charge in [-0.1, -0.05) is 30.3 Å². The molecule has 4 heteroatoms. The van der Waals surface area contributed by atoms with E-state index in [1.165, 1.54) is 18.7 Å². The molecule has 0 saturated carbocycles. The highest BCUT2D eigenvalue weighted by molar-refractivity contribution is 5.85. The molecule has 0 radical (unpaired) electrons. The average Bonchev–Trinajstić information content (AvgIpc) is 2.12. The number of halogens is 2. The molecule has 86 valence electrons. The Bertz CT molecular complexity index is 261. The molecule has 0 bridgehead atoms.